The van der Waals surface area contributed by atoms with Gasteiger partial charge in [-0.15, -0.1) is 0 Å². The minimum atomic E-state index is 0.00377. The zero-order valence-corrected chi connectivity index (χ0v) is 15.1. The van der Waals surface area contributed by atoms with Crippen molar-refractivity contribution < 1.29 is 4.79 Å². The van der Waals surface area contributed by atoms with Gasteiger partial charge in [-0.3, -0.25) is 4.79 Å². The molecule has 4 heteroatoms. The van der Waals surface area contributed by atoms with Gasteiger partial charge in [-0.25, -0.2) is 0 Å². The summed E-state index contributed by atoms with van der Waals surface area (Å²) in [6.07, 6.45) is 1.87. The van der Waals surface area contributed by atoms with Crippen LogP contribution in [-0.4, -0.2) is 23.0 Å². The van der Waals surface area contributed by atoms with E-state index in [-0.39, 0.29) is 23.0 Å². The Labute approximate surface area is 136 Å². The first kappa shape index (κ1) is 16.5. The van der Waals surface area contributed by atoms with Crippen molar-refractivity contribution in [1.29, 1.82) is 0 Å². The highest BCUT2D eigenvalue weighted by Gasteiger charge is 2.38. The molecule has 1 heterocycles. The van der Waals surface area contributed by atoms with Gasteiger partial charge in [0.15, 0.2) is 0 Å². The highest BCUT2D eigenvalue weighted by Crippen LogP contribution is 2.29. The van der Waals surface area contributed by atoms with Crippen molar-refractivity contribution in [2.75, 3.05) is 0 Å². The quantitative estimate of drug-likeness (QED) is 0.849. The lowest BCUT2D eigenvalue weighted by molar-refractivity contribution is 0.0872. The van der Waals surface area contributed by atoms with Crippen LogP contribution in [0.1, 0.15) is 56.5 Å². The van der Waals surface area contributed by atoms with Crippen molar-refractivity contribution in [2.45, 2.75) is 64.6 Å². The lowest BCUT2D eigenvalue weighted by atomic mass is 9.79. The molecule has 1 aliphatic heterocycles. The molecule has 0 saturated carbocycles. The number of carbonyl (C=O) groups is 1. The summed E-state index contributed by atoms with van der Waals surface area (Å²) in [7, 11) is 0. The molecule has 0 radical (unpaired) electrons. The monoisotopic (exact) mass is 352 g/mol. The van der Waals surface area contributed by atoms with Crippen LogP contribution in [0.25, 0.3) is 0 Å². The van der Waals surface area contributed by atoms with Gasteiger partial charge in [-0.05, 0) is 75.0 Å². The predicted molar refractivity (Wildman–Crippen MR) is 90.7 cm³/mol. The van der Waals surface area contributed by atoms with Crippen LogP contribution in [0.2, 0.25) is 0 Å². The van der Waals surface area contributed by atoms with Crippen molar-refractivity contribution in [3.8, 4) is 0 Å². The maximum absolute atomic E-state index is 12.5. The summed E-state index contributed by atoms with van der Waals surface area (Å²) in [5, 5.41) is 6.84. The molecular weight excluding hydrogens is 328 g/mol. The van der Waals surface area contributed by atoms with Crippen LogP contribution >= 0.6 is 15.9 Å². The average molecular weight is 353 g/mol. The molecule has 2 N–H and O–H groups in total. The van der Waals surface area contributed by atoms with Crippen LogP contribution in [0.4, 0.5) is 0 Å². The number of hydrogen-bond donors (Lipinski definition) is 2. The Hall–Kier alpha value is -0.870. The van der Waals surface area contributed by atoms with Crippen LogP contribution in [0.5, 0.6) is 0 Å². The molecule has 0 aliphatic carbocycles. The lowest BCUT2D eigenvalue weighted by Crippen LogP contribution is -2.62. The molecule has 1 fully saturated rings. The smallest absolute Gasteiger partial charge is 0.252 e. The second-order valence-corrected chi connectivity index (χ2v) is 8.20. The summed E-state index contributed by atoms with van der Waals surface area (Å²) in [6.45, 7) is 10.8. The topological polar surface area (TPSA) is 41.1 Å². The fraction of sp³-hybridized carbons (Fsp3) is 0.588. The van der Waals surface area contributed by atoms with Gasteiger partial charge < -0.3 is 10.6 Å². The van der Waals surface area contributed by atoms with Crippen LogP contribution in [-0.2, 0) is 0 Å². The minimum Gasteiger partial charge on any atom is -0.349 e. The van der Waals surface area contributed by atoms with E-state index < -0.39 is 0 Å². The van der Waals surface area contributed by atoms with Gasteiger partial charge in [-0.2, -0.15) is 0 Å². The van der Waals surface area contributed by atoms with Crippen LogP contribution in [0.3, 0.4) is 0 Å². The Bertz CT molecular complexity index is 536. The molecule has 0 spiro atoms. The Kier molecular flexibility index (Phi) is 4.50. The number of rotatable bonds is 2. The van der Waals surface area contributed by atoms with Crippen LogP contribution < -0.4 is 10.6 Å². The first-order valence-corrected chi connectivity index (χ1v) is 8.24. The minimum absolute atomic E-state index is 0.00377. The van der Waals surface area contributed by atoms with Crippen molar-refractivity contribution in [3.63, 3.8) is 0 Å². The van der Waals surface area contributed by atoms with Crippen molar-refractivity contribution in [1.82, 2.24) is 10.6 Å². The van der Waals surface area contributed by atoms with Crippen molar-refractivity contribution >= 4 is 21.8 Å². The van der Waals surface area contributed by atoms with E-state index in [0.29, 0.717) is 5.56 Å². The molecule has 1 aromatic rings. The summed E-state index contributed by atoms with van der Waals surface area (Å²) in [4.78, 5) is 12.5. The van der Waals surface area contributed by atoms with Gasteiger partial charge in [0.1, 0.15) is 0 Å². The molecular formula is C17H25BrN2O. The summed E-state index contributed by atoms with van der Waals surface area (Å²) in [5.41, 5.74) is 1.85. The van der Waals surface area contributed by atoms with Gasteiger partial charge in [0.25, 0.3) is 5.91 Å². The summed E-state index contributed by atoms with van der Waals surface area (Å²) in [5.74, 6) is 0.00377. The van der Waals surface area contributed by atoms with E-state index in [0.717, 1.165) is 22.9 Å². The van der Waals surface area contributed by atoms with Crippen molar-refractivity contribution in [3.05, 3.63) is 33.8 Å². The van der Waals surface area contributed by atoms with Gasteiger partial charge >= 0.3 is 0 Å². The molecule has 1 aromatic carbocycles. The first-order valence-electron chi connectivity index (χ1n) is 7.45. The molecule has 2 rings (SSSR count). The van der Waals surface area contributed by atoms with E-state index in [1.165, 1.54) is 0 Å². The van der Waals surface area contributed by atoms with E-state index in [4.69, 9.17) is 0 Å². The Balaban J connectivity index is 2.14. The third-order valence-corrected chi connectivity index (χ3v) is 5.01. The van der Waals surface area contributed by atoms with E-state index in [9.17, 15) is 4.79 Å². The van der Waals surface area contributed by atoms with Gasteiger partial charge in [0.2, 0.25) is 0 Å². The molecule has 0 aromatic heterocycles. The zero-order valence-electron chi connectivity index (χ0n) is 13.5. The molecule has 0 bridgehead atoms. The highest BCUT2D eigenvalue weighted by atomic mass is 79.9. The number of carbonyl (C=O) groups excluding carboxylic acids is 1. The lowest BCUT2D eigenvalue weighted by Gasteiger charge is -2.46. The standard InChI is InChI=1S/C17H25BrN2O/c1-11-7-6-8-13(14(11)18)15(21)19-12-9-16(2,3)20-17(4,5)10-12/h6-8,12,20H,9-10H2,1-5H3,(H,19,21). The SMILES string of the molecule is Cc1cccc(C(=O)NC2CC(C)(C)NC(C)(C)C2)c1Br. The number of amides is 1. The van der Waals surface area contributed by atoms with E-state index in [1.807, 2.05) is 25.1 Å². The summed E-state index contributed by atoms with van der Waals surface area (Å²) < 4.78 is 0.884. The highest BCUT2D eigenvalue weighted by molar-refractivity contribution is 9.10. The predicted octanol–water partition coefficient (Wildman–Crippen LogP) is 3.80. The average Bonchev–Trinajstić information content (AvgIpc) is 2.28. The molecule has 0 atom stereocenters. The van der Waals surface area contributed by atoms with Crippen LogP contribution in [0, 0.1) is 6.92 Å². The maximum atomic E-state index is 12.5. The molecule has 3 nitrogen and oxygen atoms in total. The normalized spacial score (nSPS) is 21.0. The molecule has 0 unspecified atom stereocenters. The number of hydrogen-bond acceptors (Lipinski definition) is 2. The molecule has 1 aliphatic rings. The summed E-state index contributed by atoms with van der Waals surface area (Å²) in [6, 6.07) is 5.98. The largest absolute Gasteiger partial charge is 0.349 e. The molecule has 1 amide bonds. The second-order valence-electron chi connectivity index (χ2n) is 7.41. The number of piperidine rings is 1. The zero-order chi connectivity index (χ0) is 15.8. The van der Waals surface area contributed by atoms with Gasteiger partial charge in [0, 0.05) is 21.6 Å². The fourth-order valence-electron chi connectivity index (χ4n) is 3.51. The third kappa shape index (κ3) is 4.07. The Morgan fingerprint density at radius 1 is 1.24 bits per heavy atom. The molecule has 21 heavy (non-hydrogen) atoms. The van der Waals surface area contributed by atoms with Gasteiger partial charge in [0.05, 0.1) is 5.56 Å². The van der Waals surface area contributed by atoms with E-state index in [2.05, 4.69) is 54.3 Å². The maximum Gasteiger partial charge on any atom is 0.252 e. The van der Waals surface area contributed by atoms with Crippen molar-refractivity contribution in [2.24, 2.45) is 0 Å². The fourth-order valence-corrected chi connectivity index (χ4v) is 3.95. The molecule has 116 valence electrons. The Morgan fingerprint density at radius 3 is 2.38 bits per heavy atom. The third-order valence-electron chi connectivity index (χ3n) is 3.96. The number of aryl methyl sites for hydroxylation is 1. The summed E-state index contributed by atoms with van der Waals surface area (Å²) >= 11 is 3.52. The first-order chi connectivity index (χ1) is 9.60. The number of nitrogens with one attached hydrogen (secondary N) is 2. The molecule has 1 saturated heterocycles. The number of benzene rings is 1. The van der Waals surface area contributed by atoms with E-state index >= 15 is 0 Å². The van der Waals surface area contributed by atoms with E-state index in [1.54, 1.807) is 0 Å². The Morgan fingerprint density at radius 2 is 1.81 bits per heavy atom. The van der Waals surface area contributed by atoms with Gasteiger partial charge in [-0.1, -0.05) is 12.1 Å². The number of halogens is 1. The van der Waals surface area contributed by atoms with Crippen LogP contribution in [0.15, 0.2) is 22.7 Å². The second kappa shape index (κ2) is 5.73.